The number of hydrogen-bond acceptors (Lipinski definition) is 3. The molecule has 0 saturated carbocycles. The Morgan fingerprint density at radius 3 is 2.57 bits per heavy atom. The number of carboxylic acid groups (broad SMARTS) is 1. The van der Waals surface area contributed by atoms with Gasteiger partial charge in [-0.2, -0.15) is 0 Å². The van der Waals surface area contributed by atoms with E-state index in [0.29, 0.717) is 5.75 Å². The minimum absolute atomic E-state index is 0.358. The molecule has 1 heterocycles. The third kappa shape index (κ3) is 2.88. The van der Waals surface area contributed by atoms with E-state index < -0.39 is 6.16 Å². The highest BCUT2D eigenvalue weighted by Crippen LogP contribution is 2.35. The fourth-order valence-electron chi connectivity index (χ4n) is 2.69. The van der Waals surface area contributed by atoms with E-state index in [4.69, 9.17) is 14.8 Å². The summed E-state index contributed by atoms with van der Waals surface area (Å²) in [6.45, 7) is 3.89. The molecule has 2 aromatic carbocycles. The number of rotatable bonds is 3. The van der Waals surface area contributed by atoms with Crippen LogP contribution in [0.5, 0.6) is 5.75 Å². The summed E-state index contributed by atoms with van der Waals surface area (Å²) in [5.74, 6) is 0.358. The van der Waals surface area contributed by atoms with Crippen LogP contribution < -0.4 is 4.74 Å². The molecule has 4 heteroatoms. The van der Waals surface area contributed by atoms with E-state index in [0.717, 1.165) is 39.7 Å². The van der Waals surface area contributed by atoms with Crippen molar-refractivity contribution in [3.8, 4) is 17.0 Å². The maximum Gasteiger partial charge on any atom is 0.511 e. The van der Waals surface area contributed by atoms with Crippen LogP contribution in [-0.4, -0.2) is 16.2 Å². The molecule has 0 atom stereocenters. The molecule has 0 saturated heterocycles. The van der Waals surface area contributed by atoms with Crippen molar-refractivity contribution in [2.75, 3.05) is 0 Å². The highest BCUT2D eigenvalue weighted by molar-refractivity contribution is 5.92. The first-order valence-electron chi connectivity index (χ1n) is 7.49. The fourth-order valence-corrected chi connectivity index (χ4v) is 2.69. The molecule has 116 valence electrons. The molecule has 0 amide bonds. The average Bonchev–Trinajstić information content (AvgIpc) is 2.57. The lowest BCUT2D eigenvalue weighted by Gasteiger charge is -2.14. The zero-order valence-electron chi connectivity index (χ0n) is 13.0. The maximum absolute atomic E-state index is 11.1. The van der Waals surface area contributed by atoms with E-state index in [1.54, 1.807) is 0 Å². The molecule has 0 fully saturated rings. The van der Waals surface area contributed by atoms with Gasteiger partial charge >= 0.3 is 6.16 Å². The van der Waals surface area contributed by atoms with Gasteiger partial charge in [-0.1, -0.05) is 43.3 Å². The fraction of sp³-hybridized carbons (Fsp3) is 0.158. The average molecular weight is 307 g/mol. The lowest BCUT2D eigenvalue weighted by atomic mass is 10.0. The normalized spacial score (nSPS) is 10.7. The van der Waals surface area contributed by atoms with Gasteiger partial charge in [0, 0.05) is 16.5 Å². The SMILES string of the molecule is CCc1ccc2nc(-c3ccccc3)c(C)c(OC(=O)O)c2c1. The second-order valence-electron chi connectivity index (χ2n) is 5.35. The van der Waals surface area contributed by atoms with Crippen LogP contribution in [0.25, 0.3) is 22.2 Å². The molecule has 23 heavy (non-hydrogen) atoms. The monoisotopic (exact) mass is 307 g/mol. The molecule has 0 spiro atoms. The lowest BCUT2D eigenvalue weighted by Crippen LogP contribution is -2.06. The number of ether oxygens (including phenoxy) is 1. The molecule has 0 unspecified atom stereocenters. The van der Waals surface area contributed by atoms with Crippen LogP contribution in [0.2, 0.25) is 0 Å². The molecule has 3 aromatic rings. The predicted molar refractivity (Wildman–Crippen MR) is 89.9 cm³/mol. The summed E-state index contributed by atoms with van der Waals surface area (Å²) in [6.07, 6.45) is -0.455. The van der Waals surface area contributed by atoms with Gasteiger partial charge < -0.3 is 9.84 Å². The van der Waals surface area contributed by atoms with Crippen LogP contribution in [0.4, 0.5) is 4.79 Å². The highest BCUT2D eigenvalue weighted by Gasteiger charge is 2.17. The quantitative estimate of drug-likeness (QED) is 0.704. The van der Waals surface area contributed by atoms with E-state index in [1.807, 2.05) is 55.5 Å². The summed E-state index contributed by atoms with van der Waals surface area (Å²) in [5, 5.41) is 9.82. The zero-order valence-corrected chi connectivity index (χ0v) is 13.0. The van der Waals surface area contributed by atoms with E-state index in [2.05, 4.69) is 6.92 Å². The first-order chi connectivity index (χ1) is 11.1. The summed E-state index contributed by atoms with van der Waals surface area (Å²) >= 11 is 0. The Labute approximate surface area is 134 Å². The first-order valence-corrected chi connectivity index (χ1v) is 7.49. The van der Waals surface area contributed by atoms with Crippen molar-refractivity contribution in [2.24, 2.45) is 0 Å². The molecule has 0 aliphatic heterocycles. The number of pyridine rings is 1. The second kappa shape index (κ2) is 6.08. The Balaban J connectivity index is 2.32. The van der Waals surface area contributed by atoms with Crippen molar-refractivity contribution in [3.63, 3.8) is 0 Å². The van der Waals surface area contributed by atoms with Gasteiger partial charge in [0.2, 0.25) is 0 Å². The van der Waals surface area contributed by atoms with Gasteiger partial charge in [0.05, 0.1) is 11.2 Å². The number of benzene rings is 2. The third-order valence-electron chi connectivity index (χ3n) is 3.88. The molecule has 4 nitrogen and oxygen atoms in total. The summed E-state index contributed by atoms with van der Waals surface area (Å²) in [5.41, 5.74) is 4.23. The molecule has 0 aliphatic rings. The Bertz CT molecular complexity index is 873. The largest absolute Gasteiger partial charge is 0.511 e. The van der Waals surface area contributed by atoms with E-state index in [9.17, 15) is 4.79 Å². The molecule has 1 N–H and O–H groups in total. The maximum atomic E-state index is 11.1. The standard InChI is InChI=1S/C19H17NO3/c1-3-13-9-10-16-15(11-13)18(23-19(21)22)12(2)17(20-16)14-7-5-4-6-8-14/h4-11H,3H2,1-2H3,(H,21,22). The van der Waals surface area contributed by atoms with E-state index in [-0.39, 0.29) is 0 Å². The summed E-state index contributed by atoms with van der Waals surface area (Å²) < 4.78 is 5.10. The van der Waals surface area contributed by atoms with Crippen molar-refractivity contribution in [3.05, 3.63) is 59.7 Å². The van der Waals surface area contributed by atoms with Crippen molar-refractivity contribution in [2.45, 2.75) is 20.3 Å². The minimum atomic E-state index is -1.32. The van der Waals surface area contributed by atoms with Crippen LogP contribution in [0.3, 0.4) is 0 Å². The topological polar surface area (TPSA) is 59.4 Å². The van der Waals surface area contributed by atoms with Crippen molar-refractivity contribution in [1.82, 2.24) is 4.98 Å². The summed E-state index contributed by atoms with van der Waals surface area (Å²) in [4.78, 5) is 15.8. The number of aryl methyl sites for hydroxylation is 1. The minimum Gasteiger partial charge on any atom is -0.449 e. The van der Waals surface area contributed by atoms with E-state index in [1.165, 1.54) is 0 Å². The third-order valence-corrected chi connectivity index (χ3v) is 3.88. The van der Waals surface area contributed by atoms with Crippen molar-refractivity contribution in [1.29, 1.82) is 0 Å². The molecular weight excluding hydrogens is 290 g/mol. The van der Waals surface area contributed by atoms with Crippen LogP contribution in [0.15, 0.2) is 48.5 Å². The van der Waals surface area contributed by atoms with E-state index >= 15 is 0 Å². The molecule has 3 rings (SSSR count). The highest BCUT2D eigenvalue weighted by atomic mass is 16.7. The van der Waals surface area contributed by atoms with Gasteiger partial charge in [-0.15, -0.1) is 0 Å². The van der Waals surface area contributed by atoms with Crippen LogP contribution in [0, 0.1) is 6.92 Å². The first kappa shape index (κ1) is 15.0. The van der Waals surface area contributed by atoms with Crippen LogP contribution >= 0.6 is 0 Å². The van der Waals surface area contributed by atoms with Gasteiger partial charge in [-0.25, -0.2) is 9.78 Å². The lowest BCUT2D eigenvalue weighted by molar-refractivity contribution is 0.144. The summed E-state index contributed by atoms with van der Waals surface area (Å²) in [7, 11) is 0. The summed E-state index contributed by atoms with van der Waals surface area (Å²) in [6, 6.07) is 15.6. The van der Waals surface area contributed by atoms with Crippen molar-refractivity contribution < 1.29 is 14.6 Å². The molecule has 1 aromatic heterocycles. The Hall–Kier alpha value is -2.88. The van der Waals surface area contributed by atoms with Crippen LogP contribution in [-0.2, 0) is 6.42 Å². The predicted octanol–water partition coefficient (Wildman–Crippen LogP) is 4.83. The van der Waals surface area contributed by atoms with Gasteiger partial charge in [0.1, 0.15) is 5.75 Å². The molecule has 0 aliphatic carbocycles. The Morgan fingerprint density at radius 1 is 1.17 bits per heavy atom. The number of nitrogens with zero attached hydrogens (tertiary/aromatic N) is 1. The number of aromatic nitrogens is 1. The van der Waals surface area contributed by atoms with Gasteiger partial charge in [0.15, 0.2) is 0 Å². The molecule has 0 radical (unpaired) electrons. The Kier molecular flexibility index (Phi) is 3.98. The van der Waals surface area contributed by atoms with Gasteiger partial charge in [-0.05, 0) is 31.0 Å². The Morgan fingerprint density at radius 2 is 1.91 bits per heavy atom. The van der Waals surface area contributed by atoms with Gasteiger partial charge in [-0.3, -0.25) is 0 Å². The van der Waals surface area contributed by atoms with Gasteiger partial charge in [0.25, 0.3) is 0 Å². The van der Waals surface area contributed by atoms with Crippen LogP contribution in [0.1, 0.15) is 18.1 Å². The zero-order chi connectivity index (χ0) is 16.4. The number of fused-ring (bicyclic) bond motifs is 1. The van der Waals surface area contributed by atoms with Crippen molar-refractivity contribution >= 4 is 17.1 Å². The molecular formula is C19H17NO3. The second-order valence-corrected chi connectivity index (χ2v) is 5.35. The molecule has 0 bridgehead atoms. The smallest absolute Gasteiger partial charge is 0.449 e. The number of carbonyl (C=O) groups is 1. The number of hydrogen-bond donors (Lipinski definition) is 1.